The second kappa shape index (κ2) is 9.50. The van der Waals surface area contributed by atoms with Crippen LogP contribution in [0, 0.1) is 0 Å². The summed E-state index contributed by atoms with van der Waals surface area (Å²) in [6.07, 6.45) is 2.16. The standard InChI is InChI=1S/C16H23N3O3.ClH/c1-11(17)15(20)18-9-12-4-2-5-13(8-12)16(21)19-10-14-6-3-7-22-14;/h2,4-5,8,11,14H,3,6-7,9-10,17H2,1H3,(H,18,20)(H,19,21);1H/t11-,14?;/m1./s1. The van der Waals surface area contributed by atoms with E-state index in [-0.39, 0.29) is 30.3 Å². The third-order valence-electron chi connectivity index (χ3n) is 3.58. The molecule has 2 amide bonds. The molecule has 0 spiro atoms. The molecule has 6 nitrogen and oxygen atoms in total. The SMILES string of the molecule is C[C@@H](N)C(=O)NCc1cccc(C(=O)NCC2CCCO2)c1.Cl. The quantitative estimate of drug-likeness (QED) is 0.719. The van der Waals surface area contributed by atoms with E-state index < -0.39 is 6.04 Å². The normalized spacial score (nSPS) is 17.9. The van der Waals surface area contributed by atoms with Crippen LogP contribution in [-0.4, -0.2) is 37.1 Å². The summed E-state index contributed by atoms with van der Waals surface area (Å²) in [5.74, 6) is -0.343. The van der Waals surface area contributed by atoms with Crippen molar-refractivity contribution in [3.8, 4) is 0 Å². The van der Waals surface area contributed by atoms with Crippen molar-refractivity contribution < 1.29 is 14.3 Å². The maximum atomic E-state index is 12.1. The Morgan fingerprint density at radius 3 is 2.83 bits per heavy atom. The highest BCUT2D eigenvalue weighted by molar-refractivity contribution is 5.94. The Morgan fingerprint density at radius 1 is 1.39 bits per heavy atom. The van der Waals surface area contributed by atoms with E-state index in [1.807, 2.05) is 6.07 Å². The fraction of sp³-hybridized carbons (Fsp3) is 0.500. The number of carbonyl (C=O) groups is 2. The largest absolute Gasteiger partial charge is 0.376 e. The van der Waals surface area contributed by atoms with Gasteiger partial charge in [0.2, 0.25) is 5.91 Å². The van der Waals surface area contributed by atoms with Gasteiger partial charge < -0.3 is 21.1 Å². The lowest BCUT2D eigenvalue weighted by Crippen LogP contribution is -2.37. The number of carbonyl (C=O) groups excluding carboxylic acids is 2. The summed E-state index contributed by atoms with van der Waals surface area (Å²) in [4.78, 5) is 23.6. The Hall–Kier alpha value is -1.63. The van der Waals surface area contributed by atoms with Crippen LogP contribution < -0.4 is 16.4 Å². The van der Waals surface area contributed by atoms with Gasteiger partial charge in [0.05, 0.1) is 12.1 Å². The van der Waals surface area contributed by atoms with E-state index in [4.69, 9.17) is 10.5 Å². The van der Waals surface area contributed by atoms with Gasteiger partial charge in [0, 0.05) is 25.3 Å². The van der Waals surface area contributed by atoms with Crippen molar-refractivity contribution >= 4 is 24.2 Å². The molecule has 0 aliphatic carbocycles. The zero-order valence-corrected chi connectivity index (χ0v) is 14.0. The van der Waals surface area contributed by atoms with Crippen LogP contribution in [0.5, 0.6) is 0 Å². The Bertz CT molecular complexity index is 531. The summed E-state index contributed by atoms with van der Waals surface area (Å²) < 4.78 is 5.48. The number of rotatable bonds is 6. The predicted molar refractivity (Wildman–Crippen MR) is 90.5 cm³/mol. The highest BCUT2D eigenvalue weighted by Gasteiger charge is 2.16. The van der Waals surface area contributed by atoms with E-state index in [1.165, 1.54) is 0 Å². The molecule has 4 N–H and O–H groups in total. The summed E-state index contributed by atoms with van der Waals surface area (Å²) in [5, 5.41) is 5.61. The van der Waals surface area contributed by atoms with Crippen LogP contribution in [0.2, 0.25) is 0 Å². The molecule has 23 heavy (non-hydrogen) atoms. The lowest BCUT2D eigenvalue weighted by atomic mass is 10.1. The number of nitrogens with one attached hydrogen (secondary N) is 2. The van der Waals surface area contributed by atoms with E-state index in [1.54, 1.807) is 25.1 Å². The maximum absolute atomic E-state index is 12.1. The Labute approximate surface area is 142 Å². The fourth-order valence-electron chi connectivity index (χ4n) is 2.29. The minimum Gasteiger partial charge on any atom is -0.376 e. The number of ether oxygens (including phenoxy) is 1. The Balaban J connectivity index is 0.00000264. The minimum absolute atomic E-state index is 0. The molecule has 128 valence electrons. The predicted octanol–water partition coefficient (Wildman–Crippen LogP) is 0.981. The topological polar surface area (TPSA) is 93.5 Å². The first kappa shape index (κ1) is 19.4. The Morgan fingerprint density at radius 2 is 2.17 bits per heavy atom. The molecular formula is C16H24ClN3O3. The zero-order valence-electron chi connectivity index (χ0n) is 13.2. The molecule has 0 saturated carbocycles. The van der Waals surface area contributed by atoms with Crippen molar-refractivity contribution in [2.24, 2.45) is 5.73 Å². The summed E-state index contributed by atoms with van der Waals surface area (Å²) in [6, 6.07) is 6.64. The summed E-state index contributed by atoms with van der Waals surface area (Å²) >= 11 is 0. The van der Waals surface area contributed by atoms with E-state index >= 15 is 0 Å². The molecule has 1 aromatic carbocycles. The lowest BCUT2D eigenvalue weighted by Gasteiger charge is -2.12. The second-order valence-corrected chi connectivity index (χ2v) is 5.55. The molecular weight excluding hydrogens is 318 g/mol. The van der Waals surface area contributed by atoms with Gasteiger partial charge in [-0.3, -0.25) is 9.59 Å². The lowest BCUT2D eigenvalue weighted by molar-refractivity contribution is -0.122. The number of nitrogens with two attached hydrogens (primary N) is 1. The molecule has 1 heterocycles. The first-order chi connectivity index (χ1) is 10.6. The smallest absolute Gasteiger partial charge is 0.251 e. The number of benzene rings is 1. The molecule has 1 unspecified atom stereocenters. The minimum atomic E-state index is -0.544. The summed E-state index contributed by atoms with van der Waals surface area (Å²) in [7, 11) is 0. The third-order valence-corrected chi connectivity index (χ3v) is 3.58. The van der Waals surface area contributed by atoms with Crippen molar-refractivity contribution in [1.29, 1.82) is 0 Å². The van der Waals surface area contributed by atoms with Gasteiger partial charge in [0.25, 0.3) is 5.91 Å². The van der Waals surface area contributed by atoms with Gasteiger partial charge in [-0.25, -0.2) is 0 Å². The molecule has 0 radical (unpaired) electrons. The monoisotopic (exact) mass is 341 g/mol. The molecule has 1 aliphatic heterocycles. The van der Waals surface area contributed by atoms with Gasteiger partial charge in [-0.05, 0) is 37.5 Å². The van der Waals surface area contributed by atoms with Crippen LogP contribution in [0.15, 0.2) is 24.3 Å². The molecule has 1 aliphatic rings. The van der Waals surface area contributed by atoms with Crippen molar-refractivity contribution in [2.75, 3.05) is 13.2 Å². The molecule has 0 bridgehead atoms. The summed E-state index contributed by atoms with van der Waals surface area (Å²) in [5.41, 5.74) is 6.92. The van der Waals surface area contributed by atoms with E-state index in [0.29, 0.717) is 18.7 Å². The van der Waals surface area contributed by atoms with E-state index in [2.05, 4.69) is 10.6 Å². The molecule has 1 fully saturated rings. The highest BCUT2D eigenvalue weighted by Crippen LogP contribution is 2.11. The van der Waals surface area contributed by atoms with Crippen molar-refractivity contribution in [1.82, 2.24) is 10.6 Å². The average molecular weight is 342 g/mol. The van der Waals surface area contributed by atoms with Gasteiger partial charge in [0.15, 0.2) is 0 Å². The first-order valence-corrected chi connectivity index (χ1v) is 7.58. The molecule has 1 saturated heterocycles. The van der Waals surface area contributed by atoms with Crippen LogP contribution in [0.3, 0.4) is 0 Å². The maximum Gasteiger partial charge on any atom is 0.251 e. The van der Waals surface area contributed by atoms with Gasteiger partial charge in [-0.2, -0.15) is 0 Å². The highest BCUT2D eigenvalue weighted by atomic mass is 35.5. The van der Waals surface area contributed by atoms with Gasteiger partial charge >= 0.3 is 0 Å². The third kappa shape index (κ3) is 6.17. The van der Waals surface area contributed by atoms with Crippen LogP contribution in [0.4, 0.5) is 0 Å². The molecule has 7 heteroatoms. The molecule has 2 atom stereocenters. The molecule has 1 aromatic rings. The van der Waals surface area contributed by atoms with E-state index in [0.717, 1.165) is 25.0 Å². The summed E-state index contributed by atoms with van der Waals surface area (Å²) in [6.45, 7) is 3.29. The van der Waals surface area contributed by atoms with E-state index in [9.17, 15) is 9.59 Å². The first-order valence-electron chi connectivity index (χ1n) is 7.58. The van der Waals surface area contributed by atoms with Crippen molar-refractivity contribution in [3.63, 3.8) is 0 Å². The van der Waals surface area contributed by atoms with Gasteiger partial charge in [0.1, 0.15) is 0 Å². The number of hydrogen-bond donors (Lipinski definition) is 3. The van der Waals surface area contributed by atoms with Crippen molar-refractivity contribution in [3.05, 3.63) is 35.4 Å². The zero-order chi connectivity index (χ0) is 15.9. The second-order valence-electron chi connectivity index (χ2n) is 5.55. The number of halogens is 1. The van der Waals surface area contributed by atoms with Crippen LogP contribution in [0.25, 0.3) is 0 Å². The van der Waals surface area contributed by atoms with Crippen LogP contribution in [-0.2, 0) is 16.1 Å². The average Bonchev–Trinajstić information content (AvgIpc) is 3.03. The Kier molecular flexibility index (Phi) is 8.02. The fourth-order valence-corrected chi connectivity index (χ4v) is 2.29. The molecule has 0 aromatic heterocycles. The van der Waals surface area contributed by atoms with Gasteiger partial charge in [-0.1, -0.05) is 12.1 Å². The number of hydrogen-bond acceptors (Lipinski definition) is 4. The van der Waals surface area contributed by atoms with Crippen LogP contribution >= 0.6 is 12.4 Å². The number of amides is 2. The molecule has 2 rings (SSSR count). The van der Waals surface area contributed by atoms with Gasteiger partial charge in [-0.15, -0.1) is 12.4 Å². The van der Waals surface area contributed by atoms with Crippen LogP contribution in [0.1, 0.15) is 35.7 Å². The van der Waals surface area contributed by atoms with Crippen molar-refractivity contribution in [2.45, 2.75) is 38.5 Å².